The molecule has 0 aromatic heterocycles. The lowest BCUT2D eigenvalue weighted by Crippen LogP contribution is -2.66. The van der Waals surface area contributed by atoms with Crippen LogP contribution in [0.1, 0.15) is 25.0 Å². The molecule has 3 heteroatoms. The van der Waals surface area contributed by atoms with Gasteiger partial charge in [-0.1, -0.05) is 44.2 Å². The monoisotopic (exact) mass is 283 g/mol. The molecule has 1 N–H and O–H groups in total. The first-order valence-electron chi connectivity index (χ1n) is 7.36. The second kappa shape index (κ2) is 4.69. The minimum absolute atomic E-state index is 0.0579. The Morgan fingerprint density at radius 3 is 2.67 bits per heavy atom. The van der Waals surface area contributed by atoms with Gasteiger partial charge in [-0.2, -0.15) is 5.26 Å². The lowest BCUT2D eigenvalue weighted by atomic mass is 9.36. The molecule has 21 heavy (non-hydrogen) atoms. The summed E-state index contributed by atoms with van der Waals surface area (Å²) in [6.45, 7) is 4.84. The molecule has 0 spiro atoms. The van der Waals surface area contributed by atoms with E-state index in [-0.39, 0.29) is 23.9 Å². The van der Waals surface area contributed by atoms with Crippen LogP contribution in [0.25, 0.3) is 5.57 Å². The zero-order valence-corrected chi connectivity index (χ0v) is 12.8. The molecule has 0 radical (unpaired) electrons. The van der Waals surface area contributed by atoms with Gasteiger partial charge in [-0.05, 0) is 28.0 Å². The molecule has 1 saturated carbocycles. The maximum atomic E-state index is 9.99. The lowest BCUT2D eigenvalue weighted by Gasteiger charge is -2.64. The number of rotatable bonds is 3. The number of allylic oxidation sites excluding steroid dienone is 1. The number of ether oxygens (including phenoxy) is 1. The first-order chi connectivity index (χ1) is 10.0. The number of fused-ring (bicyclic) bond motifs is 3. The highest BCUT2D eigenvalue weighted by atomic mass is 16.5. The second-order valence-corrected chi connectivity index (χ2v) is 6.63. The molecule has 1 fully saturated rings. The van der Waals surface area contributed by atoms with E-state index in [1.807, 2.05) is 12.1 Å². The van der Waals surface area contributed by atoms with Gasteiger partial charge in [0.2, 0.25) is 0 Å². The van der Waals surface area contributed by atoms with E-state index in [1.54, 1.807) is 7.11 Å². The average molecular weight is 283 g/mol. The van der Waals surface area contributed by atoms with Crippen molar-refractivity contribution < 1.29 is 9.84 Å². The summed E-state index contributed by atoms with van der Waals surface area (Å²) in [6.07, 6.45) is 2.15. The predicted octanol–water partition coefficient (Wildman–Crippen LogP) is 2.76. The molecule has 2 aliphatic carbocycles. The molecule has 2 aliphatic rings. The minimum Gasteiger partial charge on any atom is -0.396 e. The molecule has 3 atom stereocenters. The fourth-order valence-electron chi connectivity index (χ4n) is 4.46. The molecular weight excluding hydrogens is 262 g/mol. The number of methoxy groups -OCH3 is 1. The third kappa shape index (κ3) is 1.55. The number of hydrogen-bond acceptors (Lipinski definition) is 3. The van der Waals surface area contributed by atoms with Gasteiger partial charge < -0.3 is 9.84 Å². The van der Waals surface area contributed by atoms with Gasteiger partial charge in [0.05, 0.1) is 18.1 Å². The van der Waals surface area contributed by atoms with Gasteiger partial charge >= 0.3 is 0 Å². The Hall–Kier alpha value is -1.63. The molecule has 0 unspecified atom stereocenters. The van der Waals surface area contributed by atoms with Crippen LogP contribution >= 0.6 is 0 Å². The molecule has 0 saturated heterocycles. The van der Waals surface area contributed by atoms with Gasteiger partial charge in [-0.15, -0.1) is 0 Å². The number of aliphatic hydroxyl groups is 1. The molecule has 0 heterocycles. The Labute approximate surface area is 125 Å². The maximum Gasteiger partial charge on any atom is 0.0948 e. The Morgan fingerprint density at radius 1 is 1.33 bits per heavy atom. The average Bonchev–Trinajstić information content (AvgIpc) is 2.47. The van der Waals surface area contributed by atoms with Gasteiger partial charge in [0.15, 0.2) is 0 Å². The van der Waals surface area contributed by atoms with E-state index in [1.165, 1.54) is 0 Å². The standard InChI is InChI=1S/C18H21NO2/c1-17(2)16(9-20)15-8-12(10-21-3)13-6-4-5-7-14(13)18(15,17)11-19/h4-8,15-16,20H,9-10H2,1-3H3/t15-,16-,18-/m0/s1. The van der Waals surface area contributed by atoms with Gasteiger partial charge in [-0.25, -0.2) is 0 Å². The third-order valence-corrected chi connectivity index (χ3v) is 5.63. The van der Waals surface area contributed by atoms with Crippen molar-refractivity contribution in [3.05, 3.63) is 41.5 Å². The molecule has 1 aromatic rings. The number of benzene rings is 1. The fourth-order valence-corrected chi connectivity index (χ4v) is 4.46. The van der Waals surface area contributed by atoms with Crippen LogP contribution in [0.5, 0.6) is 0 Å². The van der Waals surface area contributed by atoms with Crippen molar-refractivity contribution in [1.29, 1.82) is 5.26 Å². The Morgan fingerprint density at radius 2 is 2.05 bits per heavy atom. The van der Waals surface area contributed by atoms with E-state index >= 15 is 0 Å². The summed E-state index contributed by atoms with van der Waals surface area (Å²) in [5.74, 6) is 0.167. The van der Waals surface area contributed by atoms with Crippen LogP contribution in [0.3, 0.4) is 0 Å². The summed E-state index contributed by atoms with van der Waals surface area (Å²) < 4.78 is 5.32. The van der Waals surface area contributed by atoms with E-state index < -0.39 is 5.41 Å². The normalized spacial score (nSPS) is 32.2. The summed E-state index contributed by atoms with van der Waals surface area (Å²) in [6, 6.07) is 10.7. The van der Waals surface area contributed by atoms with E-state index in [9.17, 15) is 10.4 Å². The van der Waals surface area contributed by atoms with Crippen molar-refractivity contribution in [2.24, 2.45) is 17.3 Å². The lowest BCUT2D eigenvalue weighted by molar-refractivity contribution is -0.0970. The van der Waals surface area contributed by atoms with Crippen LogP contribution in [0, 0.1) is 28.6 Å². The smallest absolute Gasteiger partial charge is 0.0948 e. The predicted molar refractivity (Wildman–Crippen MR) is 81.4 cm³/mol. The minimum atomic E-state index is -0.547. The number of hydrogen-bond donors (Lipinski definition) is 1. The molecule has 110 valence electrons. The van der Waals surface area contributed by atoms with Crippen molar-refractivity contribution in [2.75, 3.05) is 20.3 Å². The summed E-state index contributed by atoms with van der Waals surface area (Å²) in [5.41, 5.74) is 2.53. The topological polar surface area (TPSA) is 53.2 Å². The largest absolute Gasteiger partial charge is 0.396 e. The SMILES string of the molecule is COCC1=C[C@H]2[C@H](CO)C(C)(C)[C@@]2(C#N)c2ccccc21. The fraction of sp³-hybridized carbons (Fsp3) is 0.500. The molecule has 0 aliphatic heterocycles. The van der Waals surface area contributed by atoms with Crippen molar-refractivity contribution in [2.45, 2.75) is 19.3 Å². The first kappa shape index (κ1) is 14.3. The summed E-state index contributed by atoms with van der Waals surface area (Å²) >= 11 is 0. The van der Waals surface area contributed by atoms with Gasteiger partial charge in [0, 0.05) is 19.6 Å². The van der Waals surface area contributed by atoms with Crippen LogP contribution < -0.4 is 0 Å². The molecule has 3 rings (SSSR count). The van der Waals surface area contributed by atoms with E-state index in [2.05, 4.69) is 38.1 Å². The number of nitriles is 1. The van der Waals surface area contributed by atoms with E-state index in [0.717, 1.165) is 16.7 Å². The summed E-state index contributed by atoms with van der Waals surface area (Å²) in [4.78, 5) is 0. The molecule has 0 amide bonds. The molecule has 3 nitrogen and oxygen atoms in total. The van der Waals surface area contributed by atoms with Crippen LogP contribution in [0.4, 0.5) is 0 Å². The number of aliphatic hydroxyl groups excluding tert-OH is 1. The highest BCUT2D eigenvalue weighted by molar-refractivity contribution is 5.76. The quantitative estimate of drug-likeness (QED) is 0.928. The van der Waals surface area contributed by atoms with Crippen molar-refractivity contribution in [3.8, 4) is 6.07 Å². The van der Waals surface area contributed by atoms with Gasteiger partial charge in [0.25, 0.3) is 0 Å². The van der Waals surface area contributed by atoms with Crippen LogP contribution in [0.15, 0.2) is 30.3 Å². The highest BCUT2D eigenvalue weighted by Crippen LogP contribution is 2.67. The van der Waals surface area contributed by atoms with E-state index in [4.69, 9.17) is 4.74 Å². The van der Waals surface area contributed by atoms with Crippen LogP contribution in [-0.2, 0) is 10.2 Å². The molecular formula is C18H21NO2. The van der Waals surface area contributed by atoms with Crippen molar-refractivity contribution >= 4 is 5.57 Å². The Bertz CT molecular complexity index is 641. The molecule has 0 bridgehead atoms. The number of nitrogens with zero attached hydrogens (tertiary/aromatic N) is 1. The third-order valence-electron chi connectivity index (χ3n) is 5.63. The molecule has 1 aromatic carbocycles. The highest BCUT2D eigenvalue weighted by Gasteiger charge is 2.68. The van der Waals surface area contributed by atoms with Crippen molar-refractivity contribution in [1.82, 2.24) is 0 Å². The van der Waals surface area contributed by atoms with Crippen LogP contribution in [0.2, 0.25) is 0 Å². The Balaban J connectivity index is 2.23. The zero-order chi connectivity index (χ0) is 15.3. The second-order valence-electron chi connectivity index (χ2n) is 6.63. The Kier molecular flexibility index (Phi) is 3.20. The van der Waals surface area contributed by atoms with Gasteiger partial charge in [-0.3, -0.25) is 0 Å². The maximum absolute atomic E-state index is 9.99. The van der Waals surface area contributed by atoms with E-state index in [0.29, 0.717) is 6.61 Å². The van der Waals surface area contributed by atoms with Gasteiger partial charge in [0.1, 0.15) is 0 Å². The zero-order valence-electron chi connectivity index (χ0n) is 12.8. The van der Waals surface area contributed by atoms with Crippen molar-refractivity contribution in [3.63, 3.8) is 0 Å². The summed E-state index contributed by atoms with van der Waals surface area (Å²) in [5, 5.41) is 19.8. The van der Waals surface area contributed by atoms with Crippen LogP contribution in [-0.4, -0.2) is 25.4 Å². The summed E-state index contributed by atoms with van der Waals surface area (Å²) in [7, 11) is 1.68. The first-order valence-corrected chi connectivity index (χ1v) is 7.36.